The summed E-state index contributed by atoms with van der Waals surface area (Å²) in [6, 6.07) is 7.23. The van der Waals surface area contributed by atoms with Crippen molar-refractivity contribution in [2.75, 3.05) is 0 Å². The molecule has 0 aliphatic heterocycles. The van der Waals surface area contributed by atoms with Crippen LogP contribution in [-0.2, 0) is 6.54 Å². The minimum absolute atomic E-state index is 0.206. The van der Waals surface area contributed by atoms with Gasteiger partial charge in [0.2, 0.25) is 0 Å². The third-order valence-corrected chi connectivity index (χ3v) is 4.26. The highest BCUT2D eigenvalue weighted by molar-refractivity contribution is 6.32. The first-order valence-corrected chi connectivity index (χ1v) is 8.52. The van der Waals surface area contributed by atoms with E-state index in [9.17, 15) is 4.79 Å². The fraction of sp³-hybridized carbons (Fsp3) is 0.333. The first-order valence-electron chi connectivity index (χ1n) is 8.14. The summed E-state index contributed by atoms with van der Waals surface area (Å²) >= 11 is 6.42. The van der Waals surface area contributed by atoms with E-state index in [1.54, 1.807) is 23.9 Å². The van der Waals surface area contributed by atoms with E-state index in [1.165, 1.54) is 4.68 Å². The van der Waals surface area contributed by atoms with Gasteiger partial charge in [-0.2, -0.15) is 14.9 Å². The molecule has 0 unspecified atom stereocenters. The summed E-state index contributed by atoms with van der Waals surface area (Å²) in [6.07, 6.45) is 1.58. The van der Waals surface area contributed by atoms with E-state index in [0.29, 0.717) is 33.4 Å². The second kappa shape index (κ2) is 6.80. The maximum atomic E-state index is 12.6. The maximum absolute atomic E-state index is 12.6. The average Bonchev–Trinajstić information content (AvgIpc) is 2.81. The number of aromatic nitrogens is 4. The molecule has 0 aliphatic carbocycles. The van der Waals surface area contributed by atoms with Gasteiger partial charge in [0.15, 0.2) is 0 Å². The molecule has 0 N–H and O–H groups in total. The van der Waals surface area contributed by atoms with Crippen LogP contribution in [0, 0.1) is 19.8 Å². The average molecular weight is 358 g/mol. The van der Waals surface area contributed by atoms with Gasteiger partial charge in [-0.15, -0.1) is 0 Å². The Morgan fingerprint density at radius 3 is 2.72 bits per heavy atom. The summed E-state index contributed by atoms with van der Waals surface area (Å²) in [5.74, 6) is 0.944. The smallest absolute Gasteiger partial charge is 0.267 e. The van der Waals surface area contributed by atoms with Crippen molar-refractivity contribution < 1.29 is 0 Å². The van der Waals surface area contributed by atoms with Gasteiger partial charge < -0.3 is 0 Å². The molecule has 0 fully saturated rings. The van der Waals surface area contributed by atoms with Crippen molar-refractivity contribution in [3.63, 3.8) is 0 Å². The minimum Gasteiger partial charge on any atom is -0.267 e. The number of benzene rings is 1. The molecule has 1 aromatic carbocycles. The predicted molar refractivity (Wildman–Crippen MR) is 101 cm³/mol. The molecule has 3 rings (SSSR count). The Bertz CT molecular complexity index is 1020. The van der Waals surface area contributed by atoms with Crippen LogP contribution < -0.4 is 5.56 Å². The zero-order chi connectivity index (χ0) is 18.1. The number of hydrogen-bond acceptors (Lipinski definition) is 4. The Kier molecular flexibility index (Phi) is 4.72. The lowest BCUT2D eigenvalue weighted by Crippen LogP contribution is -2.20. The van der Waals surface area contributed by atoms with Crippen LogP contribution in [0.5, 0.6) is 0 Å². The lowest BCUT2D eigenvalue weighted by Gasteiger charge is -2.06. The second-order valence-electron chi connectivity index (χ2n) is 6.40. The van der Waals surface area contributed by atoms with Crippen LogP contribution in [0.15, 0.2) is 34.2 Å². The van der Waals surface area contributed by atoms with Crippen molar-refractivity contribution >= 4 is 28.7 Å². The molecule has 0 aliphatic rings. The summed E-state index contributed by atoms with van der Waals surface area (Å²) in [5, 5.41) is 9.82. The maximum Gasteiger partial charge on any atom is 0.282 e. The highest BCUT2D eigenvalue weighted by Crippen LogP contribution is 2.19. The molecule has 0 spiro atoms. The van der Waals surface area contributed by atoms with Crippen molar-refractivity contribution in [3.05, 3.63) is 56.9 Å². The summed E-state index contributed by atoms with van der Waals surface area (Å²) < 4.78 is 3.05. The van der Waals surface area contributed by atoms with Crippen molar-refractivity contribution in [1.29, 1.82) is 0 Å². The Balaban J connectivity index is 2.05. The fourth-order valence-corrected chi connectivity index (χ4v) is 2.96. The van der Waals surface area contributed by atoms with E-state index in [2.05, 4.69) is 29.0 Å². The number of aryl methyl sites for hydroxylation is 2. The van der Waals surface area contributed by atoms with Crippen molar-refractivity contribution in [2.45, 2.75) is 34.2 Å². The van der Waals surface area contributed by atoms with Gasteiger partial charge in [-0.3, -0.25) is 9.48 Å². The molecule has 2 heterocycles. The Morgan fingerprint density at radius 2 is 2.00 bits per heavy atom. The van der Waals surface area contributed by atoms with Crippen LogP contribution >= 0.6 is 11.6 Å². The fourth-order valence-electron chi connectivity index (χ4n) is 2.67. The second-order valence-corrected chi connectivity index (χ2v) is 6.76. The van der Waals surface area contributed by atoms with Gasteiger partial charge >= 0.3 is 0 Å². The Hall–Kier alpha value is -2.47. The number of nitrogens with zero attached hydrogens (tertiary/aromatic N) is 5. The van der Waals surface area contributed by atoms with Gasteiger partial charge in [0.25, 0.3) is 5.56 Å². The minimum atomic E-state index is -0.206. The topological polar surface area (TPSA) is 65.1 Å². The lowest BCUT2D eigenvalue weighted by molar-refractivity contribution is 0.482. The van der Waals surface area contributed by atoms with Crippen LogP contribution in [0.2, 0.25) is 5.15 Å². The summed E-state index contributed by atoms with van der Waals surface area (Å²) in [6.45, 7) is 8.56. The van der Waals surface area contributed by atoms with Crippen molar-refractivity contribution in [2.24, 2.45) is 11.0 Å². The number of hydrogen-bond donors (Lipinski definition) is 0. The molecule has 2 aromatic heterocycles. The molecule has 3 aromatic rings. The zero-order valence-electron chi connectivity index (χ0n) is 14.7. The molecule has 25 heavy (non-hydrogen) atoms. The van der Waals surface area contributed by atoms with Crippen molar-refractivity contribution in [3.8, 4) is 0 Å². The van der Waals surface area contributed by atoms with E-state index >= 15 is 0 Å². The third-order valence-electron chi connectivity index (χ3n) is 3.87. The summed E-state index contributed by atoms with van der Waals surface area (Å²) in [4.78, 5) is 17.1. The number of halogens is 1. The Labute approximate surface area is 150 Å². The largest absolute Gasteiger partial charge is 0.282 e. The first kappa shape index (κ1) is 17.4. The molecule has 0 saturated carbocycles. The molecular weight excluding hydrogens is 338 g/mol. The van der Waals surface area contributed by atoms with E-state index < -0.39 is 0 Å². The van der Waals surface area contributed by atoms with E-state index in [-0.39, 0.29) is 5.56 Å². The van der Waals surface area contributed by atoms with Gasteiger partial charge in [-0.1, -0.05) is 37.6 Å². The standard InChI is InChI=1S/C18H20ClN5O/c1-11(2)10-23-17(19)15(12(3)22-23)9-20-24-13(4)21-16-8-6-5-7-14(16)18(24)25/h5-9,11H,10H2,1-4H3. The highest BCUT2D eigenvalue weighted by atomic mass is 35.5. The lowest BCUT2D eigenvalue weighted by atomic mass is 10.2. The molecule has 6 nitrogen and oxygen atoms in total. The first-order chi connectivity index (χ1) is 11.9. The monoisotopic (exact) mass is 357 g/mol. The molecule has 0 saturated heterocycles. The van der Waals surface area contributed by atoms with Gasteiger partial charge in [0.05, 0.1) is 28.4 Å². The number of fused-ring (bicyclic) bond motifs is 1. The molecule has 130 valence electrons. The normalized spacial score (nSPS) is 11.9. The number of rotatable bonds is 4. The highest BCUT2D eigenvalue weighted by Gasteiger charge is 2.13. The molecule has 7 heteroatoms. The predicted octanol–water partition coefficient (Wildman–Crippen LogP) is 3.40. The van der Waals surface area contributed by atoms with Crippen LogP contribution in [0.4, 0.5) is 0 Å². The van der Waals surface area contributed by atoms with Gasteiger partial charge in [-0.05, 0) is 31.9 Å². The van der Waals surface area contributed by atoms with Gasteiger partial charge in [0.1, 0.15) is 11.0 Å². The Morgan fingerprint density at radius 1 is 1.28 bits per heavy atom. The molecule has 0 atom stereocenters. The van der Waals surface area contributed by atoms with Crippen LogP contribution in [0.3, 0.4) is 0 Å². The van der Waals surface area contributed by atoms with Crippen molar-refractivity contribution in [1.82, 2.24) is 19.4 Å². The molecule has 0 amide bonds. The zero-order valence-corrected chi connectivity index (χ0v) is 15.4. The van der Waals surface area contributed by atoms with Gasteiger partial charge in [-0.25, -0.2) is 4.98 Å². The van der Waals surface area contributed by atoms with E-state index in [0.717, 1.165) is 12.2 Å². The quantitative estimate of drug-likeness (QED) is 0.672. The van der Waals surface area contributed by atoms with E-state index in [1.807, 2.05) is 25.1 Å². The van der Waals surface area contributed by atoms with E-state index in [4.69, 9.17) is 11.6 Å². The number of para-hydroxylation sites is 1. The van der Waals surface area contributed by atoms with Crippen LogP contribution in [0.1, 0.15) is 30.9 Å². The SMILES string of the molecule is Cc1nn(CC(C)C)c(Cl)c1C=Nn1c(C)nc2ccccc2c1=O. The third kappa shape index (κ3) is 3.35. The van der Waals surface area contributed by atoms with Crippen LogP contribution in [-0.4, -0.2) is 25.7 Å². The van der Waals surface area contributed by atoms with Crippen LogP contribution in [0.25, 0.3) is 10.9 Å². The van der Waals surface area contributed by atoms with Gasteiger partial charge in [0, 0.05) is 6.54 Å². The molecule has 0 bridgehead atoms. The summed E-state index contributed by atoms with van der Waals surface area (Å²) in [7, 11) is 0. The molecule has 0 radical (unpaired) electrons. The summed E-state index contributed by atoms with van der Waals surface area (Å²) in [5.41, 5.74) is 1.94. The molecular formula is C18H20ClN5O.